The molecule has 98 valence electrons. The van der Waals surface area contributed by atoms with E-state index in [4.69, 9.17) is 12.2 Å². The van der Waals surface area contributed by atoms with Crippen LogP contribution in [-0.4, -0.2) is 26.4 Å². The molecule has 3 rings (SSSR count). The summed E-state index contributed by atoms with van der Waals surface area (Å²) in [5, 5.41) is 0. The van der Waals surface area contributed by atoms with Crippen LogP contribution in [0.4, 0.5) is 0 Å². The molecule has 0 atom stereocenters. The van der Waals surface area contributed by atoms with Crippen molar-refractivity contribution in [2.45, 2.75) is 19.5 Å². The fourth-order valence-electron chi connectivity index (χ4n) is 2.34. The van der Waals surface area contributed by atoms with Crippen molar-refractivity contribution in [3.63, 3.8) is 0 Å². The first-order valence-electron chi connectivity index (χ1n) is 6.09. The summed E-state index contributed by atoms with van der Waals surface area (Å²) in [5.74, 6) is 0. The van der Waals surface area contributed by atoms with Crippen LogP contribution in [0.1, 0.15) is 16.8 Å². The van der Waals surface area contributed by atoms with Crippen LogP contribution in [0, 0.1) is 4.77 Å². The van der Waals surface area contributed by atoms with E-state index in [1.807, 2.05) is 12.4 Å². The molecular weight excluding hydrogens is 324 g/mol. The maximum atomic E-state index is 5.05. The molecule has 1 aliphatic rings. The number of fused-ring (bicyclic) bond motifs is 1. The van der Waals surface area contributed by atoms with Crippen molar-refractivity contribution in [3.05, 3.63) is 50.7 Å². The monoisotopic (exact) mass is 336 g/mol. The van der Waals surface area contributed by atoms with Crippen LogP contribution in [-0.2, 0) is 19.5 Å². The summed E-state index contributed by atoms with van der Waals surface area (Å²) in [6.07, 6.45) is 6.60. The van der Waals surface area contributed by atoms with E-state index in [0.29, 0.717) is 4.77 Å². The van der Waals surface area contributed by atoms with Crippen LogP contribution >= 0.6 is 28.1 Å². The molecule has 19 heavy (non-hydrogen) atoms. The number of nitrogens with zero attached hydrogens (tertiary/aromatic N) is 3. The van der Waals surface area contributed by atoms with Crippen LogP contribution in [0.5, 0.6) is 0 Å². The molecule has 0 aliphatic carbocycles. The lowest BCUT2D eigenvalue weighted by molar-refractivity contribution is 0.242. The van der Waals surface area contributed by atoms with Gasteiger partial charge in [0.15, 0.2) is 4.77 Å². The Labute approximate surface area is 125 Å². The molecule has 0 saturated carbocycles. The van der Waals surface area contributed by atoms with Gasteiger partial charge in [0, 0.05) is 60.4 Å². The smallest absolute Gasteiger partial charge is 0.196 e. The molecule has 0 unspecified atom stereocenters. The third-order valence-corrected chi connectivity index (χ3v) is 3.86. The SMILES string of the molecule is S=c1ncc2c([nH]1)CCN(Cc1cncc(Br)c1)C2. The Balaban J connectivity index is 1.75. The van der Waals surface area contributed by atoms with Gasteiger partial charge in [-0.2, -0.15) is 0 Å². The lowest BCUT2D eigenvalue weighted by Gasteiger charge is -2.28. The normalized spacial score (nSPS) is 15.2. The number of hydrogen-bond acceptors (Lipinski definition) is 4. The van der Waals surface area contributed by atoms with Gasteiger partial charge in [-0.1, -0.05) is 0 Å². The number of aromatic amines is 1. The lowest BCUT2D eigenvalue weighted by atomic mass is 10.1. The third kappa shape index (κ3) is 3.08. The topological polar surface area (TPSA) is 44.8 Å². The first kappa shape index (κ1) is 12.9. The maximum Gasteiger partial charge on any atom is 0.196 e. The van der Waals surface area contributed by atoms with Gasteiger partial charge in [0.2, 0.25) is 0 Å². The van der Waals surface area contributed by atoms with Gasteiger partial charge in [0.05, 0.1) is 0 Å². The molecule has 0 aromatic carbocycles. The summed E-state index contributed by atoms with van der Waals surface area (Å²) in [5.41, 5.74) is 3.68. The molecule has 0 radical (unpaired) electrons. The van der Waals surface area contributed by atoms with Gasteiger partial charge in [-0.25, -0.2) is 4.98 Å². The molecule has 2 aromatic heterocycles. The zero-order valence-electron chi connectivity index (χ0n) is 10.3. The van der Waals surface area contributed by atoms with E-state index in [1.165, 1.54) is 16.8 Å². The number of pyridine rings is 1. The summed E-state index contributed by atoms with van der Waals surface area (Å²) < 4.78 is 1.59. The molecule has 0 saturated heterocycles. The summed E-state index contributed by atoms with van der Waals surface area (Å²) in [7, 11) is 0. The second-order valence-corrected chi connectivity index (χ2v) is 5.97. The fourth-order valence-corrected chi connectivity index (χ4v) is 2.93. The number of rotatable bonds is 2. The molecule has 0 fully saturated rings. The zero-order chi connectivity index (χ0) is 13.2. The van der Waals surface area contributed by atoms with E-state index in [1.54, 1.807) is 6.20 Å². The second-order valence-electron chi connectivity index (χ2n) is 4.66. The Kier molecular flexibility index (Phi) is 3.72. The van der Waals surface area contributed by atoms with E-state index in [-0.39, 0.29) is 0 Å². The Morgan fingerprint density at radius 1 is 1.37 bits per heavy atom. The van der Waals surface area contributed by atoms with E-state index in [9.17, 15) is 0 Å². The van der Waals surface area contributed by atoms with Crippen molar-refractivity contribution in [1.82, 2.24) is 19.9 Å². The van der Waals surface area contributed by atoms with Crippen molar-refractivity contribution in [2.24, 2.45) is 0 Å². The minimum absolute atomic E-state index is 0.573. The van der Waals surface area contributed by atoms with Crippen molar-refractivity contribution in [2.75, 3.05) is 6.54 Å². The number of nitrogens with one attached hydrogen (secondary N) is 1. The number of H-pyrrole nitrogens is 1. The van der Waals surface area contributed by atoms with Gasteiger partial charge in [-0.3, -0.25) is 9.88 Å². The fraction of sp³-hybridized carbons (Fsp3) is 0.308. The van der Waals surface area contributed by atoms with Crippen LogP contribution < -0.4 is 0 Å². The van der Waals surface area contributed by atoms with E-state index in [0.717, 1.165) is 30.5 Å². The van der Waals surface area contributed by atoms with Crippen molar-refractivity contribution in [3.8, 4) is 0 Å². The molecule has 1 aliphatic heterocycles. The minimum atomic E-state index is 0.573. The van der Waals surface area contributed by atoms with Crippen LogP contribution in [0.2, 0.25) is 0 Å². The van der Waals surface area contributed by atoms with Gasteiger partial charge in [0.1, 0.15) is 0 Å². The summed E-state index contributed by atoms with van der Waals surface area (Å²) in [6, 6.07) is 2.11. The molecule has 2 aromatic rings. The first-order chi connectivity index (χ1) is 9.20. The molecule has 6 heteroatoms. The summed E-state index contributed by atoms with van der Waals surface area (Å²) in [6.45, 7) is 2.83. The van der Waals surface area contributed by atoms with Crippen LogP contribution in [0.15, 0.2) is 29.1 Å². The Morgan fingerprint density at radius 3 is 3.11 bits per heavy atom. The van der Waals surface area contributed by atoms with E-state index in [2.05, 4.69) is 41.8 Å². The number of hydrogen-bond donors (Lipinski definition) is 1. The lowest BCUT2D eigenvalue weighted by Crippen LogP contribution is -2.30. The first-order valence-corrected chi connectivity index (χ1v) is 7.30. The Hall–Kier alpha value is -1.11. The largest absolute Gasteiger partial charge is 0.334 e. The molecular formula is C13H13BrN4S. The molecule has 1 N–H and O–H groups in total. The molecule has 0 spiro atoms. The highest BCUT2D eigenvalue weighted by atomic mass is 79.9. The molecule has 0 bridgehead atoms. The minimum Gasteiger partial charge on any atom is -0.334 e. The quantitative estimate of drug-likeness (QED) is 0.856. The zero-order valence-corrected chi connectivity index (χ0v) is 12.7. The predicted octanol–water partition coefficient (Wildman–Crippen LogP) is 2.85. The predicted molar refractivity (Wildman–Crippen MR) is 79.2 cm³/mol. The Morgan fingerprint density at radius 2 is 2.26 bits per heavy atom. The van der Waals surface area contributed by atoms with E-state index < -0.39 is 0 Å². The van der Waals surface area contributed by atoms with Gasteiger partial charge in [0.25, 0.3) is 0 Å². The van der Waals surface area contributed by atoms with Crippen molar-refractivity contribution >= 4 is 28.1 Å². The molecule has 0 amide bonds. The van der Waals surface area contributed by atoms with Crippen molar-refractivity contribution < 1.29 is 0 Å². The third-order valence-electron chi connectivity index (χ3n) is 3.22. The highest BCUT2D eigenvalue weighted by molar-refractivity contribution is 9.10. The van der Waals surface area contributed by atoms with Gasteiger partial charge in [-0.15, -0.1) is 0 Å². The highest BCUT2D eigenvalue weighted by Gasteiger charge is 2.17. The molecule has 4 nitrogen and oxygen atoms in total. The van der Waals surface area contributed by atoms with Gasteiger partial charge in [-0.05, 0) is 39.8 Å². The highest BCUT2D eigenvalue weighted by Crippen LogP contribution is 2.19. The summed E-state index contributed by atoms with van der Waals surface area (Å²) in [4.78, 5) is 13.9. The second kappa shape index (κ2) is 5.48. The number of aromatic nitrogens is 3. The average Bonchev–Trinajstić information content (AvgIpc) is 2.39. The van der Waals surface area contributed by atoms with E-state index >= 15 is 0 Å². The van der Waals surface area contributed by atoms with Crippen LogP contribution in [0.25, 0.3) is 0 Å². The summed E-state index contributed by atoms with van der Waals surface area (Å²) >= 11 is 8.51. The van der Waals surface area contributed by atoms with Gasteiger partial charge < -0.3 is 4.98 Å². The standard InChI is InChI=1S/C13H13BrN4S/c14-11-3-9(4-15-6-11)7-18-2-1-12-10(8-18)5-16-13(19)17-12/h3-6H,1-2,7-8H2,(H,16,17,19). The van der Waals surface area contributed by atoms with Gasteiger partial charge >= 0.3 is 0 Å². The van der Waals surface area contributed by atoms with Crippen molar-refractivity contribution in [1.29, 1.82) is 0 Å². The number of halogens is 1. The Bertz CT molecular complexity index is 655. The average molecular weight is 337 g/mol. The maximum absolute atomic E-state index is 5.05. The molecule has 3 heterocycles. The van der Waals surface area contributed by atoms with Crippen LogP contribution in [0.3, 0.4) is 0 Å².